The molecule has 2 heteroatoms. The second-order valence-electron chi connectivity index (χ2n) is 9.16. The van der Waals surface area contributed by atoms with E-state index in [2.05, 4.69) is 177 Å². The standard InChI is InChI=1S/C36H24Br2/c37-32-23-13-22-29(36(32)38)35-33(27-18-9-3-10-19-27)30(25-14-5-1-6-15-25)24-31(26-16-7-2-8-17-26)34(35)28-20-11-4-12-21-28/h1-24H. The lowest BCUT2D eigenvalue weighted by Gasteiger charge is -2.25. The second kappa shape index (κ2) is 10.9. The van der Waals surface area contributed by atoms with Crippen molar-refractivity contribution < 1.29 is 0 Å². The fraction of sp³-hybridized carbons (Fsp3) is 0. The quantitative estimate of drug-likeness (QED) is 0.181. The van der Waals surface area contributed by atoms with Gasteiger partial charge in [0, 0.05) is 8.95 Å². The summed E-state index contributed by atoms with van der Waals surface area (Å²) in [7, 11) is 0. The van der Waals surface area contributed by atoms with Crippen LogP contribution in [0.4, 0.5) is 0 Å². The normalized spacial score (nSPS) is 10.9. The maximum Gasteiger partial charge on any atom is 0.0396 e. The predicted molar refractivity (Wildman–Crippen MR) is 169 cm³/mol. The summed E-state index contributed by atoms with van der Waals surface area (Å²) in [6.07, 6.45) is 0. The molecule has 0 saturated heterocycles. The zero-order valence-electron chi connectivity index (χ0n) is 20.6. The van der Waals surface area contributed by atoms with Gasteiger partial charge in [0.2, 0.25) is 0 Å². The van der Waals surface area contributed by atoms with Crippen LogP contribution in [0.3, 0.4) is 0 Å². The molecule has 182 valence electrons. The van der Waals surface area contributed by atoms with Crippen molar-refractivity contribution in [3.8, 4) is 55.6 Å². The molecule has 0 bridgehead atoms. The van der Waals surface area contributed by atoms with Gasteiger partial charge in [-0.25, -0.2) is 0 Å². The van der Waals surface area contributed by atoms with Gasteiger partial charge in [0.05, 0.1) is 0 Å². The molecule has 0 unspecified atom stereocenters. The predicted octanol–water partition coefficient (Wildman–Crippen LogP) is 11.5. The summed E-state index contributed by atoms with van der Waals surface area (Å²) < 4.78 is 2.07. The van der Waals surface area contributed by atoms with E-state index < -0.39 is 0 Å². The van der Waals surface area contributed by atoms with E-state index in [-0.39, 0.29) is 0 Å². The van der Waals surface area contributed by atoms with Gasteiger partial charge in [-0.05, 0) is 99.6 Å². The Labute approximate surface area is 240 Å². The minimum atomic E-state index is 1.03. The maximum absolute atomic E-state index is 3.95. The molecule has 0 heterocycles. The summed E-state index contributed by atoms with van der Waals surface area (Å²) in [5, 5.41) is 0. The van der Waals surface area contributed by atoms with Crippen LogP contribution in [-0.4, -0.2) is 0 Å². The van der Waals surface area contributed by atoms with Crippen LogP contribution < -0.4 is 0 Å². The van der Waals surface area contributed by atoms with E-state index in [1.165, 1.54) is 50.1 Å². The van der Waals surface area contributed by atoms with Gasteiger partial charge in [0.1, 0.15) is 0 Å². The van der Waals surface area contributed by atoms with Crippen molar-refractivity contribution in [3.63, 3.8) is 0 Å². The lowest BCUT2D eigenvalue weighted by molar-refractivity contribution is 1.50. The Morgan fingerprint density at radius 1 is 0.316 bits per heavy atom. The van der Waals surface area contributed by atoms with E-state index in [9.17, 15) is 0 Å². The first-order valence-electron chi connectivity index (χ1n) is 12.6. The number of rotatable bonds is 5. The molecule has 38 heavy (non-hydrogen) atoms. The first-order valence-corrected chi connectivity index (χ1v) is 14.2. The average molecular weight is 616 g/mol. The lowest BCUT2D eigenvalue weighted by atomic mass is 9.79. The van der Waals surface area contributed by atoms with Crippen molar-refractivity contribution in [2.45, 2.75) is 0 Å². The maximum atomic E-state index is 3.95. The summed E-state index contributed by atoms with van der Waals surface area (Å²) in [5.41, 5.74) is 11.9. The second-order valence-corrected chi connectivity index (χ2v) is 10.8. The van der Waals surface area contributed by atoms with Gasteiger partial charge < -0.3 is 0 Å². The van der Waals surface area contributed by atoms with Gasteiger partial charge in [-0.15, -0.1) is 0 Å². The van der Waals surface area contributed by atoms with Crippen molar-refractivity contribution >= 4 is 31.9 Å². The van der Waals surface area contributed by atoms with E-state index in [1.54, 1.807) is 0 Å². The molecule has 0 aromatic heterocycles. The van der Waals surface area contributed by atoms with Gasteiger partial charge in [0.25, 0.3) is 0 Å². The molecule has 0 fully saturated rings. The van der Waals surface area contributed by atoms with E-state index in [0.29, 0.717) is 0 Å². The molecule has 6 rings (SSSR count). The third-order valence-corrected chi connectivity index (χ3v) is 8.89. The largest absolute Gasteiger partial charge is 0.0622 e. The van der Waals surface area contributed by atoms with Crippen LogP contribution in [0, 0.1) is 0 Å². The van der Waals surface area contributed by atoms with Crippen molar-refractivity contribution in [3.05, 3.63) is 155 Å². The highest BCUT2D eigenvalue weighted by atomic mass is 79.9. The molecular weight excluding hydrogens is 592 g/mol. The zero-order chi connectivity index (χ0) is 25.9. The third-order valence-electron chi connectivity index (χ3n) is 6.84. The molecule has 6 aromatic rings. The molecule has 6 aromatic carbocycles. The SMILES string of the molecule is Brc1cccc(-c2c(-c3ccccc3)c(-c3ccccc3)cc(-c3ccccc3)c2-c2ccccc2)c1Br. The van der Waals surface area contributed by atoms with E-state index >= 15 is 0 Å². The Morgan fingerprint density at radius 2 is 0.711 bits per heavy atom. The van der Waals surface area contributed by atoms with Gasteiger partial charge in [-0.2, -0.15) is 0 Å². The number of hydrogen-bond acceptors (Lipinski definition) is 0. The van der Waals surface area contributed by atoms with E-state index in [4.69, 9.17) is 0 Å². The van der Waals surface area contributed by atoms with Crippen molar-refractivity contribution in [2.75, 3.05) is 0 Å². The smallest absolute Gasteiger partial charge is 0.0396 e. The summed E-state index contributed by atoms with van der Waals surface area (Å²) >= 11 is 7.73. The third kappa shape index (κ3) is 4.67. The molecule has 0 aliphatic carbocycles. The Kier molecular flexibility index (Phi) is 7.09. The molecule has 0 nitrogen and oxygen atoms in total. The molecule has 0 atom stereocenters. The van der Waals surface area contributed by atoms with Crippen LogP contribution in [0.2, 0.25) is 0 Å². The molecule has 0 saturated carbocycles. The lowest BCUT2D eigenvalue weighted by Crippen LogP contribution is -1.98. The Bertz CT molecular complexity index is 1590. The Morgan fingerprint density at radius 3 is 1.13 bits per heavy atom. The monoisotopic (exact) mass is 614 g/mol. The van der Waals surface area contributed by atoms with Crippen molar-refractivity contribution in [2.24, 2.45) is 0 Å². The molecule has 0 N–H and O–H groups in total. The minimum absolute atomic E-state index is 1.03. The topological polar surface area (TPSA) is 0 Å². The number of benzene rings is 6. The van der Waals surface area contributed by atoms with Gasteiger partial charge in [-0.1, -0.05) is 133 Å². The first-order chi connectivity index (χ1) is 18.7. The van der Waals surface area contributed by atoms with Crippen molar-refractivity contribution in [1.29, 1.82) is 0 Å². The van der Waals surface area contributed by atoms with Crippen LogP contribution >= 0.6 is 31.9 Å². The molecule has 0 aliphatic heterocycles. The van der Waals surface area contributed by atoms with Crippen LogP contribution in [0.5, 0.6) is 0 Å². The first kappa shape index (κ1) is 24.6. The molecule has 0 amide bonds. The Balaban J connectivity index is 1.88. The number of halogens is 2. The van der Waals surface area contributed by atoms with Crippen LogP contribution in [0.1, 0.15) is 0 Å². The molecular formula is C36H24Br2. The van der Waals surface area contributed by atoms with Crippen molar-refractivity contribution in [1.82, 2.24) is 0 Å². The molecule has 0 spiro atoms. The summed E-state index contributed by atoms with van der Waals surface area (Å²) in [4.78, 5) is 0. The zero-order valence-corrected chi connectivity index (χ0v) is 23.8. The highest BCUT2D eigenvalue weighted by Crippen LogP contribution is 2.52. The highest BCUT2D eigenvalue weighted by molar-refractivity contribution is 9.13. The van der Waals surface area contributed by atoms with E-state index in [0.717, 1.165) is 14.5 Å². The summed E-state index contributed by atoms with van der Waals surface area (Å²) in [5.74, 6) is 0. The van der Waals surface area contributed by atoms with Crippen LogP contribution in [0.15, 0.2) is 155 Å². The summed E-state index contributed by atoms with van der Waals surface area (Å²) in [6.45, 7) is 0. The Hall–Kier alpha value is -3.72. The highest BCUT2D eigenvalue weighted by Gasteiger charge is 2.25. The van der Waals surface area contributed by atoms with Crippen LogP contribution in [0.25, 0.3) is 55.6 Å². The fourth-order valence-corrected chi connectivity index (χ4v) is 5.98. The molecule has 0 aliphatic rings. The number of hydrogen-bond donors (Lipinski definition) is 0. The van der Waals surface area contributed by atoms with E-state index in [1.807, 2.05) is 0 Å². The van der Waals surface area contributed by atoms with Gasteiger partial charge in [0.15, 0.2) is 0 Å². The average Bonchev–Trinajstić information content (AvgIpc) is 2.99. The molecule has 0 radical (unpaired) electrons. The van der Waals surface area contributed by atoms with Gasteiger partial charge in [-0.3, -0.25) is 0 Å². The summed E-state index contributed by atoms with van der Waals surface area (Å²) in [6, 6.07) is 51.8. The van der Waals surface area contributed by atoms with Crippen LogP contribution in [-0.2, 0) is 0 Å². The minimum Gasteiger partial charge on any atom is -0.0622 e. The van der Waals surface area contributed by atoms with Gasteiger partial charge >= 0.3 is 0 Å². The fourth-order valence-electron chi connectivity index (χ4n) is 5.15.